The van der Waals surface area contributed by atoms with Gasteiger partial charge in [0.1, 0.15) is 11.6 Å². The molecule has 0 amide bonds. The number of nitrogens with two attached hydrogens (primary N) is 1. The Kier molecular flexibility index (Phi) is 4.67. The van der Waals surface area contributed by atoms with E-state index in [1.54, 1.807) is 42.9 Å². The van der Waals surface area contributed by atoms with E-state index in [9.17, 15) is 13.7 Å². The molecular formula is C19H14N6O3S. The molecule has 3 aromatic heterocycles. The number of hydrogen-bond acceptors (Lipinski definition) is 7. The maximum atomic E-state index is 11.4. The van der Waals surface area contributed by atoms with Crippen LogP contribution in [-0.4, -0.2) is 27.9 Å². The average Bonchev–Trinajstić information content (AvgIpc) is 3.10. The van der Waals surface area contributed by atoms with Crippen molar-refractivity contribution in [2.75, 3.05) is 0 Å². The van der Waals surface area contributed by atoms with Crippen LogP contribution in [0.3, 0.4) is 0 Å². The topological polar surface area (TPSA) is 137 Å². The predicted octanol–water partition coefficient (Wildman–Crippen LogP) is 2.00. The first kappa shape index (κ1) is 18.5. The van der Waals surface area contributed by atoms with E-state index in [4.69, 9.17) is 9.32 Å². The van der Waals surface area contributed by atoms with Gasteiger partial charge in [0.25, 0.3) is 0 Å². The summed E-state index contributed by atoms with van der Waals surface area (Å²) in [5.74, 6) is 0.0263. The van der Waals surface area contributed by atoms with E-state index in [1.165, 1.54) is 12.3 Å². The molecule has 4 rings (SSSR count). The molecule has 0 aliphatic rings. The van der Waals surface area contributed by atoms with Crippen molar-refractivity contribution in [1.82, 2.24) is 19.5 Å². The fraction of sp³-hybridized carbons (Fsp3) is 0.0526. The van der Waals surface area contributed by atoms with E-state index >= 15 is 0 Å². The molecule has 1 aromatic carbocycles. The lowest BCUT2D eigenvalue weighted by Crippen LogP contribution is -2.19. The van der Waals surface area contributed by atoms with Gasteiger partial charge in [-0.3, -0.25) is 4.98 Å². The lowest BCUT2D eigenvalue weighted by atomic mass is 10.0. The Morgan fingerprint density at radius 3 is 2.72 bits per heavy atom. The van der Waals surface area contributed by atoms with Crippen molar-refractivity contribution in [3.63, 3.8) is 0 Å². The molecule has 3 heterocycles. The van der Waals surface area contributed by atoms with Crippen LogP contribution in [0.1, 0.15) is 11.3 Å². The molecule has 0 bridgehead atoms. The average molecular weight is 406 g/mol. The van der Waals surface area contributed by atoms with Crippen LogP contribution in [0, 0.1) is 11.3 Å². The van der Waals surface area contributed by atoms with Gasteiger partial charge in [0.2, 0.25) is 0 Å². The number of aromatic nitrogens is 4. The number of nitriles is 1. The van der Waals surface area contributed by atoms with Crippen LogP contribution >= 0.6 is 0 Å². The van der Waals surface area contributed by atoms with Gasteiger partial charge in [0.15, 0.2) is 11.4 Å². The lowest BCUT2D eigenvalue weighted by molar-refractivity contribution is 0.488. The molecule has 0 aliphatic carbocycles. The maximum Gasteiger partial charge on any atom is 0.380 e. The number of nitrogens with zero attached hydrogens (tertiary/aromatic N) is 5. The summed E-state index contributed by atoms with van der Waals surface area (Å²) in [6.45, 7) is 0.366. The summed E-state index contributed by atoms with van der Waals surface area (Å²) >= 11 is 0. The Morgan fingerprint density at radius 1 is 1.10 bits per heavy atom. The summed E-state index contributed by atoms with van der Waals surface area (Å²) in [6, 6.07) is 13.9. The van der Waals surface area contributed by atoms with Crippen molar-refractivity contribution < 1.29 is 12.6 Å². The van der Waals surface area contributed by atoms with E-state index in [-0.39, 0.29) is 11.3 Å². The second kappa shape index (κ2) is 7.31. The van der Waals surface area contributed by atoms with E-state index in [0.29, 0.717) is 29.0 Å². The first-order chi connectivity index (χ1) is 13.9. The van der Waals surface area contributed by atoms with Crippen LogP contribution in [0.25, 0.3) is 22.3 Å². The zero-order valence-electron chi connectivity index (χ0n) is 14.9. The maximum absolute atomic E-state index is 11.4. The SMILES string of the molecule is N#Cc1cnc(Cn2cnc3cccnc32)cc1-c1ccccc1OS(N)(=O)=O. The number of rotatable bonds is 5. The molecule has 144 valence electrons. The summed E-state index contributed by atoms with van der Waals surface area (Å²) in [4.78, 5) is 13.0. The second-order valence-electron chi connectivity index (χ2n) is 6.12. The van der Waals surface area contributed by atoms with Crippen molar-refractivity contribution in [1.29, 1.82) is 5.26 Å². The monoisotopic (exact) mass is 406 g/mol. The Balaban J connectivity index is 1.79. The molecule has 0 saturated heterocycles. The van der Waals surface area contributed by atoms with Crippen molar-refractivity contribution in [2.24, 2.45) is 5.14 Å². The third kappa shape index (κ3) is 3.91. The fourth-order valence-electron chi connectivity index (χ4n) is 2.97. The smallest absolute Gasteiger partial charge is 0.370 e. The molecule has 2 N–H and O–H groups in total. The van der Waals surface area contributed by atoms with Crippen molar-refractivity contribution in [3.05, 3.63) is 72.4 Å². The third-order valence-corrected chi connectivity index (χ3v) is 4.58. The molecule has 0 saturated carbocycles. The summed E-state index contributed by atoms with van der Waals surface area (Å²) in [5, 5.41) is 14.5. The van der Waals surface area contributed by atoms with Crippen LogP contribution in [0.15, 0.2) is 61.2 Å². The molecule has 4 aromatic rings. The van der Waals surface area contributed by atoms with Gasteiger partial charge in [0.05, 0.1) is 24.1 Å². The van der Waals surface area contributed by atoms with Crippen molar-refractivity contribution in [2.45, 2.75) is 6.54 Å². The number of imidazole rings is 1. The molecule has 0 spiro atoms. The summed E-state index contributed by atoms with van der Waals surface area (Å²) < 4.78 is 29.5. The lowest BCUT2D eigenvalue weighted by Gasteiger charge is -2.12. The summed E-state index contributed by atoms with van der Waals surface area (Å²) in [5.41, 5.74) is 3.26. The molecular weight excluding hydrogens is 392 g/mol. The Labute approximate surface area is 166 Å². The highest BCUT2D eigenvalue weighted by molar-refractivity contribution is 7.84. The minimum atomic E-state index is -4.22. The molecule has 10 heteroatoms. The van der Waals surface area contributed by atoms with Crippen LogP contribution in [0.4, 0.5) is 0 Å². The predicted molar refractivity (Wildman–Crippen MR) is 105 cm³/mol. The van der Waals surface area contributed by atoms with Crippen LogP contribution in [0.5, 0.6) is 5.75 Å². The van der Waals surface area contributed by atoms with Gasteiger partial charge < -0.3 is 8.75 Å². The van der Waals surface area contributed by atoms with Gasteiger partial charge >= 0.3 is 10.3 Å². The highest BCUT2D eigenvalue weighted by Crippen LogP contribution is 2.33. The number of benzene rings is 1. The second-order valence-corrected chi connectivity index (χ2v) is 7.28. The van der Waals surface area contributed by atoms with Crippen LogP contribution in [0.2, 0.25) is 0 Å². The molecule has 0 unspecified atom stereocenters. The normalized spacial score (nSPS) is 11.3. The molecule has 0 atom stereocenters. The number of para-hydroxylation sites is 1. The van der Waals surface area contributed by atoms with Gasteiger partial charge in [0, 0.05) is 23.5 Å². The van der Waals surface area contributed by atoms with E-state index in [1.807, 2.05) is 10.6 Å². The van der Waals surface area contributed by atoms with Gasteiger partial charge in [-0.1, -0.05) is 18.2 Å². The van der Waals surface area contributed by atoms with Crippen LogP contribution in [-0.2, 0) is 16.8 Å². The van der Waals surface area contributed by atoms with Crippen molar-refractivity contribution in [3.8, 4) is 22.9 Å². The van der Waals surface area contributed by atoms with E-state index in [2.05, 4.69) is 21.0 Å². The van der Waals surface area contributed by atoms with Gasteiger partial charge in [-0.15, -0.1) is 0 Å². The molecule has 0 aliphatic heterocycles. The summed E-state index contributed by atoms with van der Waals surface area (Å²) in [7, 11) is -4.22. The minimum absolute atomic E-state index is 0.0263. The highest BCUT2D eigenvalue weighted by Gasteiger charge is 2.16. The van der Waals surface area contributed by atoms with Gasteiger partial charge in [-0.05, 0) is 24.3 Å². The Hall–Kier alpha value is -3.81. The molecule has 9 nitrogen and oxygen atoms in total. The van der Waals surface area contributed by atoms with E-state index in [0.717, 1.165) is 5.52 Å². The Bertz CT molecular complexity index is 1360. The zero-order valence-corrected chi connectivity index (χ0v) is 15.7. The standard InChI is InChI=1S/C19H14N6O3S/c20-9-13-10-23-14(11-25-12-24-17-5-3-7-22-19(17)25)8-16(13)15-4-1-2-6-18(15)28-29(21,26)27/h1-8,10,12H,11H2,(H2,21,26,27). The summed E-state index contributed by atoms with van der Waals surface area (Å²) in [6.07, 6.45) is 4.78. The quantitative estimate of drug-likeness (QED) is 0.535. The first-order valence-corrected chi connectivity index (χ1v) is 9.88. The first-order valence-electron chi connectivity index (χ1n) is 8.41. The van der Waals surface area contributed by atoms with Gasteiger partial charge in [-0.2, -0.15) is 18.8 Å². The molecule has 0 fully saturated rings. The van der Waals surface area contributed by atoms with Crippen molar-refractivity contribution >= 4 is 21.5 Å². The highest BCUT2D eigenvalue weighted by atomic mass is 32.2. The third-order valence-electron chi connectivity index (χ3n) is 4.17. The molecule has 29 heavy (non-hydrogen) atoms. The zero-order chi connectivity index (χ0) is 20.4. The Morgan fingerprint density at radius 2 is 1.93 bits per heavy atom. The largest absolute Gasteiger partial charge is 0.380 e. The van der Waals surface area contributed by atoms with Gasteiger partial charge in [-0.25, -0.2) is 9.97 Å². The number of hydrogen-bond donors (Lipinski definition) is 1. The van der Waals surface area contributed by atoms with E-state index < -0.39 is 10.3 Å². The molecule has 0 radical (unpaired) electrons. The fourth-order valence-corrected chi connectivity index (χ4v) is 3.37. The minimum Gasteiger partial charge on any atom is -0.370 e. The number of fused-ring (bicyclic) bond motifs is 1. The number of pyridine rings is 2. The van der Waals surface area contributed by atoms with Crippen LogP contribution < -0.4 is 9.32 Å².